The van der Waals surface area contributed by atoms with Crippen molar-refractivity contribution in [2.24, 2.45) is 0 Å². The van der Waals surface area contributed by atoms with E-state index in [4.69, 9.17) is 11.6 Å². The molecule has 1 aromatic rings. The molecular weight excluding hydrogens is 190 g/mol. The Hall–Kier alpha value is -0.280. The predicted molar refractivity (Wildman–Crippen MR) is 44.1 cm³/mol. The molecule has 11 heavy (non-hydrogen) atoms. The fourth-order valence-electron chi connectivity index (χ4n) is 0.688. The summed E-state index contributed by atoms with van der Waals surface area (Å²) in [5.41, 5.74) is 0.305. The number of hydrogen-bond donors (Lipinski definition) is 1. The molecule has 4 heteroatoms. The van der Waals surface area contributed by atoms with Crippen LogP contribution in [0, 0.1) is 11.6 Å². The minimum Gasteiger partial charge on any atom is -0.205 e. The second-order valence-electron chi connectivity index (χ2n) is 1.99. The van der Waals surface area contributed by atoms with E-state index in [9.17, 15) is 8.78 Å². The first-order valence-electron chi connectivity index (χ1n) is 2.90. The van der Waals surface area contributed by atoms with E-state index in [0.29, 0.717) is 5.56 Å². The van der Waals surface area contributed by atoms with Gasteiger partial charge in [0.2, 0.25) is 0 Å². The van der Waals surface area contributed by atoms with Gasteiger partial charge in [0.05, 0.1) is 0 Å². The van der Waals surface area contributed by atoms with Gasteiger partial charge in [0, 0.05) is 5.75 Å². The van der Waals surface area contributed by atoms with E-state index < -0.39 is 16.7 Å². The van der Waals surface area contributed by atoms with Crippen LogP contribution in [0.2, 0.25) is 5.02 Å². The lowest BCUT2D eigenvalue weighted by molar-refractivity contribution is 0.577. The molecule has 0 aromatic heterocycles. The average molecular weight is 195 g/mol. The summed E-state index contributed by atoms with van der Waals surface area (Å²) in [4.78, 5) is 0. The largest absolute Gasteiger partial charge is 0.205 e. The predicted octanol–water partition coefficient (Wildman–Crippen LogP) is 3.05. The molecule has 0 radical (unpaired) electrons. The zero-order valence-electron chi connectivity index (χ0n) is 5.44. The van der Waals surface area contributed by atoms with Crippen molar-refractivity contribution in [2.45, 2.75) is 5.75 Å². The van der Waals surface area contributed by atoms with E-state index >= 15 is 0 Å². The summed E-state index contributed by atoms with van der Waals surface area (Å²) in [6.45, 7) is 0. The molecule has 1 rings (SSSR count). The molecule has 0 amide bonds. The van der Waals surface area contributed by atoms with Gasteiger partial charge in [0.25, 0.3) is 0 Å². The average Bonchev–Trinajstić information content (AvgIpc) is 2.01. The summed E-state index contributed by atoms with van der Waals surface area (Å²) in [5.74, 6) is -1.25. The standard InChI is InChI=1S/C7H5ClF2S/c8-6-5(9)2-1-4(3-11)7(6)10/h1-2,11H,3H2. The third-order valence-corrected chi connectivity index (χ3v) is 1.97. The SMILES string of the molecule is Fc1ccc(CS)c(F)c1Cl. The Morgan fingerprint density at radius 1 is 1.36 bits per heavy atom. The molecule has 0 spiro atoms. The highest BCUT2D eigenvalue weighted by Crippen LogP contribution is 2.22. The minimum atomic E-state index is -0.741. The molecule has 0 aliphatic carbocycles. The Kier molecular flexibility index (Phi) is 2.73. The maximum atomic E-state index is 12.8. The molecular formula is C7H5ClF2S. The van der Waals surface area contributed by atoms with E-state index in [2.05, 4.69) is 12.6 Å². The lowest BCUT2D eigenvalue weighted by Gasteiger charge is -2.00. The van der Waals surface area contributed by atoms with Crippen molar-refractivity contribution in [1.29, 1.82) is 0 Å². The summed E-state index contributed by atoms with van der Waals surface area (Å²) >= 11 is 9.12. The van der Waals surface area contributed by atoms with Gasteiger partial charge >= 0.3 is 0 Å². The molecule has 0 saturated heterocycles. The quantitative estimate of drug-likeness (QED) is 0.516. The zero-order chi connectivity index (χ0) is 8.43. The van der Waals surface area contributed by atoms with Gasteiger partial charge in [-0.05, 0) is 11.6 Å². The highest BCUT2D eigenvalue weighted by molar-refractivity contribution is 7.79. The highest BCUT2D eigenvalue weighted by Gasteiger charge is 2.09. The maximum absolute atomic E-state index is 12.8. The van der Waals surface area contributed by atoms with E-state index in [0.717, 1.165) is 6.07 Å². The Balaban J connectivity index is 3.25. The first-order valence-corrected chi connectivity index (χ1v) is 3.91. The molecule has 0 saturated carbocycles. The normalized spacial score (nSPS) is 10.2. The van der Waals surface area contributed by atoms with Crippen molar-refractivity contribution in [3.05, 3.63) is 34.4 Å². The Morgan fingerprint density at radius 3 is 2.55 bits per heavy atom. The third-order valence-electron chi connectivity index (χ3n) is 1.29. The summed E-state index contributed by atoms with van der Waals surface area (Å²) in [7, 11) is 0. The van der Waals surface area contributed by atoms with Crippen LogP contribution in [0.25, 0.3) is 0 Å². The van der Waals surface area contributed by atoms with Crippen molar-refractivity contribution < 1.29 is 8.78 Å². The molecule has 0 aliphatic rings. The molecule has 0 fully saturated rings. The molecule has 0 heterocycles. The molecule has 0 nitrogen and oxygen atoms in total. The third kappa shape index (κ3) is 1.65. The molecule has 60 valence electrons. The van der Waals surface area contributed by atoms with Gasteiger partial charge in [-0.3, -0.25) is 0 Å². The van der Waals surface area contributed by atoms with Crippen LogP contribution < -0.4 is 0 Å². The van der Waals surface area contributed by atoms with Crippen LogP contribution in [0.3, 0.4) is 0 Å². The highest BCUT2D eigenvalue weighted by atomic mass is 35.5. The van der Waals surface area contributed by atoms with E-state index in [1.54, 1.807) is 0 Å². The van der Waals surface area contributed by atoms with Crippen molar-refractivity contribution in [3.8, 4) is 0 Å². The zero-order valence-corrected chi connectivity index (χ0v) is 7.09. The number of hydrogen-bond acceptors (Lipinski definition) is 1. The van der Waals surface area contributed by atoms with E-state index in [1.165, 1.54) is 6.07 Å². The van der Waals surface area contributed by atoms with Gasteiger partial charge in [0.15, 0.2) is 0 Å². The molecule has 1 aromatic carbocycles. The lowest BCUT2D eigenvalue weighted by Crippen LogP contribution is -1.89. The lowest BCUT2D eigenvalue weighted by atomic mass is 10.2. The van der Waals surface area contributed by atoms with Crippen LogP contribution >= 0.6 is 24.2 Å². The first-order chi connectivity index (χ1) is 5.16. The van der Waals surface area contributed by atoms with Crippen LogP contribution in [-0.4, -0.2) is 0 Å². The van der Waals surface area contributed by atoms with E-state index in [1.807, 2.05) is 0 Å². The number of thiol groups is 1. The number of benzene rings is 1. The van der Waals surface area contributed by atoms with Crippen LogP contribution in [0.4, 0.5) is 8.78 Å². The smallest absolute Gasteiger partial charge is 0.148 e. The Labute approximate surface area is 73.6 Å². The molecule has 0 N–H and O–H groups in total. The summed E-state index contributed by atoms with van der Waals surface area (Å²) in [6, 6.07) is 2.44. The van der Waals surface area contributed by atoms with Crippen LogP contribution in [0.15, 0.2) is 12.1 Å². The second kappa shape index (κ2) is 3.41. The van der Waals surface area contributed by atoms with Gasteiger partial charge in [-0.2, -0.15) is 12.6 Å². The van der Waals surface area contributed by atoms with Crippen molar-refractivity contribution in [2.75, 3.05) is 0 Å². The first kappa shape index (κ1) is 8.81. The van der Waals surface area contributed by atoms with Crippen LogP contribution in [-0.2, 0) is 5.75 Å². The topological polar surface area (TPSA) is 0 Å². The fraction of sp³-hybridized carbons (Fsp3) is 0.143. The molecule has 0 aliphatic heterocycles. The van der Waals surface area contributed by atoms with Gasteiger partial charge in [-0.1, -0.05) is 17.7 Å². The summed E-state index contributed by atoms with van der Waals surface area (Å²) in [6.07, 6.45) is 0. The summed E-state index contributed by atoms with van der Waals surface area (Å²) in [5, 5.41) is -0.462. The molecule has 0 atom stereocenters. The Bertz CT molecular complexity index is 275. The van der Waals surface area contributed by atoms with Crippen LogP contribution in [0.5, 0.6) is 0 Å². The maximum Gasteiger partial charge on any atom is 0.148 e. The Morgan fingerprint density at radius 2 is 2.00 bits per heavy atom. The molecule has 0 bridgehead atoms. The van der Waals surface area contributed by atoms with Crippen molar-refractivity contribution >= 4 is 24.2 Å². The summed E-state index contributed by atoms with van der Waals surface area (Å²) < 4.78 is 25.3. The van der Waals surface area contributed by atoms with Crippen LogP contribution in [0.1, 0.15) is 5.56 Å². The van der Waals surface area contributed by atoms with Crippen molar-refractivity contribution in [1.82, 2.24) is 0 Å². The van der Waals surface area contributed by atoms with Gasteiger partial charge in [-0.25, -0.2) is 8.78 Å². The van der Waals surface area contributed by atoms with Crippen molar-refractivity contribution in [3.63, 3.8) is 0 Å². The number of halogens is 3. The number of rotatable bonds is 1. The fourth-order valence-corrected chi connectivity index (χ4v) is 1.12. The second-order valence-corrected chi connectivity index (χ2v) is 2.69. The van der Waals surface area contributed by atoms with Gasteiger partial charge in [-0.15, -0.1) is 0 Å². The minimum absolute atomic E-state index is 0.214. The van der Waals surface area contributed by atoms with Gasteiger partial charge < -0.3 is 0 Å². The van der Waals surface area contributed by atoms with Gasteiger partial charge in [0.1, 0.15) is 16.7 Å². The molecule has 0 unspecified atom stereocenters. The monoisotopic (exact) mass is 194 g/mol. The van der Waals surface area contributed by atoms with E-state index in [-0.39, 0.29) is 5.75 Å².